The highest BCUT2D eigenvalue weighted by Gasteiger charge is 2.18. The molecule has 0 aliphatic carbocycles. The topological polar surface area (TPSA) is 115 Å². The zero-order valence-electron chi connectivity index (χ0n) is 23.0. The van der Waals surface area contributed by atoms with Gasteiger partial charge in [0.25, 0.3) is 5.91 Å². The summed E-state index contributed by atoms with van der Waals surface area (Å²) in [5.41, 5.74) is 3.14. The van der Waals surface area contributed by atoms with Crippen molar-refractivity contribution in [1.82, 2.24) is 20.2 Å². The minimum Gasteiger partial charge on any atom is -0.489 e. The number of aliphatic hydroxyl groups is 1. The Hall–Kier alpha value is -3.40. The molecule has 3 aromatic rings. The number of nitrogens with one attached hydrogen (secondary N) is 2. The number of carbonyl (C=O) groups is 2. The normalized spacial score (nSPS) is 12.7. The number of imidazole rings is 1. The smallest absolute Gasteiger partial charge is 0.251 e. The Bertz CT molecular complexity index is 1260. The first-order chi connectivity index (χ1) is 18.6. The van der Waals surface area contributed by atoms with E-state index in [9.17, 15) is 14.7 Å². The van der Waals surface area contributed by atoms with Crippen molar-refractivity contribution in [2.45, 2.75) is 51.8 Å². The van der Waals surface area contributed by atoms with E-state index in [0.29, 0.717) is 29.2 Å². The summed E-state index contributed by atoms with van der Waals surface area (Å²) in [4.78, 5) is 29.5. The minimum atomic E-state index is -0.276. The maximum atomic E-state index is 12.9. The maximum absolute atomic E-state index is 12.9. The molecule has 0 spiro atoms. The molecule has 0 aliphatic heterocycles. The van der Waals surface area contributed by atoms with E-state index in [1.54, 1.807) is 18.2 Å². The summed E-state index contributed by atoms with van der Waals surface area (Å²) < 4.78 is 12.4. The molecule has 0 radical (unpaired) electrons. The Morgan fingerprint density at radius 3 is 2.44 bits per heavy atom. The number of aromatic nitrogens is 2. The third-order valence-electron chi connectivity index (χ3n) is 6.05. The number of aryl methyl sites for hydroxylation is 1. The van der Waals surface area contributed by atoms with Gasteiger partial charge in [0.2, 0.25) is 5.91 Å². The third-order valence-corrected chi connectivity index (χ3v) is 6.35. The molecule has 0 aliphatic rings. The van der Waals surface area contributed by atoms with Crippen LogP contribution in [0, 0.1) is 0 Å². The van der Waals surface area contributed by atoms with Crippen LogP contribution < -0.4 is 15.4 Å². The number of halogens is 1. The van der Waals surface area contributed by atoms with E-state index in [-0.39, 0.29) is 43.2 Å². The number of nitrogens with zero attached hydrogens (tertiary/aromatic N) is 2. The van der Waals surface area contributed by atoms with Crippen LogP contribution in [0.2, 0.25) is 5.02 Å². The number of methoxy groups -OCH3 is 1. The lowest BCUT2D eigenvalue weighted by Gasteiger charge is -2.19. The standard InChI is InChI=1S/C29H37ClN4O5/c1-18(2)39-26-11-10-22(15-24(26)30)29(37)32-23(12-13-35)14-20-6-8-21(9-7-20)25-16-34(4)28(33-25)19(3)31-27(36)17-38-5/h6-11,15-16,18-19,23,35H,12-14,17H2,1-5H3,(H,31,36)(H,32,37)/t19-,23-/m1/s1. The Morgan fingerprint density at radius 2 is 1.82 bits per heavy atom. The van der Waals surface area contributed by atoms with Gasteiger partial charge in [-0.3, -0.25) is 9.59 Å². The number of ether oxygens (including phenoxy) is 2. The van der Waals surface area contributed by atoms with Crippen molar-refractivity contribution >= 4 is 23.4 Å². The summed E-state index contributed by atoms with van der Waals surface area (Å²) in [5, 5.41) is 15.8. The van der Waals surface area contributed by atoms with E-state index in [1.807, 2.05) is 62.8 Å². The number of hydrogen-bond acceptors (Lipinski definition) is 6. The number of aliphatic hydroxyl groups excluding tert-OH is 1. The SMILES string of the molecule is COCC(=O)N[C@H](C)c1nc(-c2ccc(C[C@@H](CCO)NC(=O)c3ccc(OC(C)C)c(Cl)c3)cc2)cn1C. The molecule has 1 heterocycles. The number of carbonyl (C=O) groups excluding carboxylic acids is 2. The Morgan fingerprint density at radius 1 is 1.10 bits per heavy atom. The molecule has 39 heavy (non-hydrogen) atoms. The Kier molecular flexibility index (Phi) is 10.9. The number of hydrogen-bond donors (Lipinski definition) is 3. The molecule has 0 saturated carbocycles. The minimum absolute atomic E-state index is 0.00586. The second-order valence-electron chi connectivity index (χ2n) is 9.71. The van der Waals surface area contributed by atoms with Gasteiger partial charge in [0.15, 0.2) is 0 Å². The van der Waals surface area contributed by atoms with Gasteiger partial charge < -0.3 is 29.8 Å². The van der Waals surface area contributed by atoms with Gasteiger partial charge in [0, 0.05) is 44.1 Å². The van der Waals surface area contributed by atoms with E-state index in [0.717, 1.165) is 22.6 Å². The summed E-state index contributed by atoms with van der Waals surface area (Å²) in [7, 11) is 3.37. The molecule has 2 atom stereocenters. The van der Waals surface area contributed by atoms with Gasteiger partial charge in [-0.1, -0.05) is 35.9 Å². The fourth-order valence-corrected chi connectivity index (χ4v) is 4.46. The summed E-state index contributed by atoms with van der Waals surface area (Å²) in [5.74, 6) is 0.785. The van der Waals surface area contributed by atoms with Crippen molar-refractivity contribution in [2.24, 2.45) is 7.05 Å². The molecule has 1 aromatic heterocycles. The molecule has 0 saturated heterocycles. The molecule has 9 nitrogen and oxygen atoms in total. The first kappa shape index (κ1) is 30.1. The van der Waals surface area contributed by atoms with Crippen LogP contribution in [0.25, 0.3) is 11.3 Å². The summed E-state index contributed by atoms with van der Waals surface area (Å²) in [6, 6.07) is 12.3. The average Bonchev–Trinajstić information content (AvgIpc) is 3.27. The quantitative estimate of drug-likeness (QED) is 0.292. The molecule has 10 heteroatoms. The first-order valence-electron chi connectivity index (χ1n) is 12.9. The van der Waals surface area contributed by atoms with Crippen LogP contribution in [0.4, 0.5) is 0 Å². The van der Waals surface area contributed by atoms with Crippen molar-refractivity contribution in [1.29, 1.82) is 0 Å². The van der Waals surface area contributed by atoms with E-state index in [4.69, 9.17) is 26.1 Å². The van der Waals surface area contributed by atoms with Crippen LogP contribution in [-0.2, 0) is 23.0 Å². The molecule has 2 aromatic carbocycles. The van der Waals surface area contributed by atoms with Gasteiger partial charge in [-0.25, -0.2) is 4.98 Å². The van der Waals surface area contributed by atoms with Crippen LogP contribution in [0.3, 0.4) is 0 Å². The van der Waals surface area contributed by atoms with Crippen molar-refractivity contribution in [2.75, 3.05) is 20.3 Å². The monoisotopic (exact) mass is 556 g/mol. The van der Waals surface area contributed by atoms with Gasteiger partial charge >= 0.3 is 0 Å². The molecule has 3 rings (SSSR count). The molecular weight excluding hydrogens is 520 g/mol. The highest BCUT2D eigenvalue weighted by molar-refractivity contribution is 6.32. The van der Waals surface area contributed by atoms with Crippen LogP contribution in [0.1, 0.15) is 55.0 Å². The van der Waals surface area contributed by atoms with Gasteiger partial charge in [-0.2, -0.15) is 0 Å². The highest BCUT2D eigenvalue weighted by atomic mass is 35.5. The Balaban J connectivity index is 1.66. The molecule has 0 unspecified atom stereocenters. The lowest BCUT2D eigenvalue weighted by Crippen LogP contribution is -2.37. The second kappa shape index (κ2) is 14.1. The van der Waals surface area contributed by atoms with Gasteiger partial charge in [-0.15, -0.1) is 0 Å². The van der Waals surface area contributed by atoms with Crippen LogP contribution in [-0.4, -0.2) is 58.9 Å². The zero-order valence-corrected chi connectivity index (χ0v) is 23.8. The number of benzene rings is 2. The van der Waals surface area contributed by atoms with Crippen LogP contribution in [0.15, 0.2) is 48.7 Å². The van der Waals surface area contributed by atoms with E-state index < -0.39 is 0 Å². The van der Waals surface area contributed by atoms with E-state index >= 15 is 0 Å². The number of amides is 2. The largest absolute Gasteiger partial charge is 0.489 e. The number of rotatable bonds is 13. The molecule has 0 bridgehead atoms. The summed E-state index contributed by atoms with van der Waals surface area (Å²) in [6.45, 7) is 5.63. The van der Waals surface area contributed by atoms with Gasteiger partial charge in [0.1, 0.15) is 18.2 Å². The van der Waals surface area contributed by atoms with E-state index in [1.165, 1.54) is 7.11 Å². The van der Waals surface area contributed by atoms with Gasteiger partial charge in [-0.05, 0) is 57.4 Å². The van der Waals surface area contributed by atoms with Crippen LogP contribution in [0.5, 0.6) is 5.75 Å². The lowest BCUT2D eigenvalue weighted by molar-refractivity contribution is -0.125. The fourth-order valence-electron chi connectivity index (χ4n) is 4.24. The maximum Gasteiger partial charge on any atom is 0.251 e. The average molecular weight is 557 g/mol. The summed E-state index contributed by atoms with van der Waals surface area (Å²) in [6.07, 6.45) is 2.84. The molecular formula is C29H37ClN4O5. The molecule has 2 amide bonds. The van der Waals surface area contributed by atoms with Crippen molar-refractivity contribution in [3.05, 3.63) is 70.6 Å². The molecule has 3 N–H and O–H groups in total. The summed E-state index contributed by atoms with van der Waals surface area (Å²) >= 11 is 6.30. The predicted octanol–water partition coefficient (Wildman–Crippen LogP) is 4.07. The predicted molar refractivity (Wildman–Crippen MR) is 151 cm³/mol. The van der Waals surface area contributed by atoms with E-state index in [2.05, 4.69) is 10.6 Å². The van der Waals surface area contributed by atoms with Crippen molar-refractivity contribution < 1.29 is 24.2 Å². The second-order valence-corrected chi connectivity index (χ2v) is 10.1. The zero-order chi connectivity index (χ0) is 28.5. The molecule has 210 valence electrons. The Labute approximate surface area is 234 Å². The first-order valence-corrected chi connectivity index (χ1v) is 13.3. The van der Waals surface area contributed by atoms with Crippen molar-refractivity contribution in [3.8, 4) is 17.0 Å². The van der Waals surface area contributed by atoms with Crippen LogP contribution >= 0.6 is 11.6 Å². The van der Waals surface area contributed by atoms with Gasteiger partial charge in [0.05, 0.1) is 22.9 Å². The lowest BCUT2D eigenvalue weighted by atomic mass is 10.0. The molecule has 0 fully saturated rings. The fraction of sp³-hybridized carbons (Fsp3) is 0.414. The third kappa shape index (κ3) is 8.54. The highest BCUT2D eigenvalue weighted by Crippen LogP contribution is 2.27. The van der Waals surface area contributed by atoms with Crippen molar-refractivity contribution in [3.63, 3.8) is 0 Å².